The minimum Gasteiger partial charge on any atom is -0.466 e. The summed E-state index contributed by atoms with van der Waals surface area (Å²) in [6.45, 7) is 14.7. The average Bonchev–Trinajstić information content (AvgIpc) is 3.05. The Hall–Kier alpha value is -5.38. The van der Waals surface area contributed by atoms with E-state index in [1.807, 2.05) is 18.2 Å². The number of amides is 2. The van der Waals surface area contributed by atoms with Crippen molar-refractivity contribution in [2.24, 2.45) is 0 Å². The van der Waals surface area contributed by atoms with E-state index in [-0.39, 0.29) is 11.1 Å². The Kier molecular flexibility index (Phi) is 11.5. The summed E-state index contributed by atoms with van der Waals surface area (Å²) in [5, 5.41) is 5.71. The highest BCUT2D eigenvalue weighted by atomic mass is 16.6. The molecule has 2 amide bonds. The second kappa shape index (κ2) is 15.1. The quantitative estimate of drug-likeness (QED) is 0.131. The Bertz CT molecular complexity index is 1470. The van der Waals surface area contributed by atoms with Crippen LogP contribution in [0.1, 0.15) is 62.2 Å². The topological polar surface area (TPSA) is 129 Å². The number of rotatable bonds is 12. The molecule has 2 atom stereocenters. The van der Waals surface area contributed by atoms with Gasteiger partial charge in [-0.3, -0.25) is 0 Å². The van der Waals surface area contributed by atoms with Crippen molar-refractivity contribution in [1.82, 2.24) is 10.6 Å². The summed E-state index contributed by atoms with van der Waals surface area (Å²) in [6, 6.07) is 24.8. The predicted octanol–water partition coefficient (Wildman–Crippen LogP) is 6.55. The molecule has 10 nitrogen and oxygen atoms in total. The lowest BCUT2D eigenvalue weighted by Crippen LogP contribution is -2.44. The Labute approximate surface area is 269 Å². The predicted molar refractivity (Wildman–Crippen MR) is 172 cm³/mol. The fourth-order valence-electron chi connectivity index (χ4n) is 4.64. The zero-order chi connectivity index (χ0) is 34.1. The molecule has 3 aromatic carbocycles. The third-order valence-electron chi connectivity index (χ3n) is 7.32. The number of methoxy groups -OCH3 is 2. The molecule has 0 spiro atoms. The third kappa shape index (κ3) is 8.84. The molecule has 0 saturated carbocycles. The number of ether oxygens (including phenoxy) is 4. The Balaban J connectivity index is 1.77. The summed E-state index contributed by atoms with van der Waals surface area (Å²) in [6.07, 6.45) is -3.71. The van der Waals surface area contributed by atoms with E-state index in [1.165, 1.54) is 14.2 Å². The van der Waals surface area contributed by atoms with Crippen LogP contribution in [-0.4, -0.2) is 38.3 Å². The zero-order valence-corrected chi connectivity index (χ0v) is 26.9. The average molecular weight is 629 g/mol. The van der Waals surface area contributed by atoms with Gasteiger partial charge in [-0.25, -0.2) is 19.2 Å². The van der Waals surface area contributed by atoms with Gasteiger partial charge in [0.15, 0.2) is 12.2 Å². The van der Waals surface area contributed by atoms with E-state index < -0.39 is 47.4 Å². The van der Waals surface area contributed by atoms with Crippen LogP contribution in [0.5, 0.6) is 0 Å². The van der Waals surface area contributed by atoms with Gasteiger partial charge in [-0.2, -0.15) is 0 Å². The van der Waals surface area contributed by atoms with E-state index in [0.29, 0.717) is 22.3 Å². The maximum Gasteiger partial charge on any atom is 0.408 e. The van der Waals surface area contributed by atoms with Crippen LogP contribution in [0.4, 0.5) is 9.59 Å². The lowest BCUT2D eigenvalue weighted by atomic mass is 9.87. The molecule has 2 unspecified atom stereocenters. The largest absolute Gasteiger partial charge is 0.466 e. The van der Waals surface area contributed by atoms with Crippen LogP contribution in [0.25, 0.3) is 0 Å². The molecule has 0 heterocycles. The standard InChI is InChI=1S/C36H40N2O8/c1-23(31(39)43-7)29(25-16-11-9-12-17-25)45-33(41)37-35(3,4)27-20-15-21-28(22-27)36(5,6)38-34(42)46-30(24(2)32(40)44-8)26-18-13-10-14-19-26/h9-22,29-30H,1-2H2,3-8H3,(H,37,41)(H,38,42). The third-order valence-corrected chi connectivity index (χ3v) is 7.32. The van der Waals surface area contributed by atoms with Gasteiger partial charge < -0.3 is 29.6 Å². The summed E-state index contributed by atoms with van der Waals surface area (Å²) in [5.41, 5.74) is 0.544. The van der Waals surface area contributed by atoms with Gasteiger partial charge in [-0.1, -0.05) is 98.1 Å². The molecule has 2 N–H and O–H groups in total. The first-order valence-corrected chi connectivity index (χ1v) is 14.4. The normalized spacial score (nSPS) is 12.5. The molecule has 3 aromatic rings. The second-order valence-electron chi connectivity index (χ2n) is 11.5. The monoisotopic (exact) mass is 628 g/mol. The molecule has 0 aliphatic rings. The van der Waals surface area contributed by atoms with Crippen LogP contribution >= 0.6 is 0 Å². The summed E-state index contributed by atoms with van der Waals surface area (Å²) >= 11 is 0. The molecule has 0 fully saturated rings. The molecule has 0 aliphatic carbocycles. The number of carbonyl (C=O) groups excluding carboxylic acids is 4. The maximum atomic E-state index is 13.2. The first kappa shape index (κ1) is 35.1. The van der Waals surface area contributed by atoms with E-state index in [1.54, 1.807) is 94.4 Å². The first-order valence-electron chi connectivity index (χ1n) is 14.4. The van der Waals surface area contributed by atoms with Crippen molar-refractivity contribution < 1.29 is 38.1 Å². The number of esters is 2. The van der Waals surface area contributed by atoms with Gasteiger partial charge in [0.2, 0.25) is 0 Å². The second-order valence-corrected chi connectivity index (χ2v) is 11.5. The van der Waals surface area contributed by atoms with Crippen LogP contribution in [-0.2, 0) is 39.6 Å². The Morgan fingerprint density at radius 2 is 0.935 bits per heavy atom. The van der Waals surface area contributed by atoms with Crippen LogP contribution in [0.15, 0.2) is 109 Å². The molecule has 46 heavy (non-hydrogen) atoms. The molecular weight excluding hydrogens is 588 g/mol. The van der Waals surface area contributed by atoms with E-state index in [2.05, 4.69) is 23.8 Å². The van der Waals surface area contributed by atoms with Crippen molar-refractivity contribution in [1.29, 1.82) is 0 Å². The van der Waals surface area contributed by atoms with E-state index in [0.717, 1.165) is 0 Å². The smallest absolute Gasteiger partial charge is 0.408 e. The SMILES string of the molecule is C=C(C(=O)OC)C(OC(=O)NC(C)(C)c1cccc(C(C)(C)NC(=O)OC(C(=C)C(=O)OC)c2ccccc2)c1)c1ccccc1. The van der Waals surface area contributed by atoms with Gasteiger partial charge in [0, 0.05) is 0 Å². The fourth-order valence-corrected chi connectivity index (χ4v) is 4.64. The van der Waals surface area contributed by atoms with E-state index in [4.69, 9.17) is 18.9 Å². The molecule has 0 radical (unpaired) electrons. The highest BCUT2D eigenvalue weighted by molar-refractivity contribution is 5.90. The molecule has 3 rings (SSSR count). The zero-order valence-electron chi connectivity index (χ0n) is 26.9. The van der Waals surface area contributed by atoms with Crippen molar-refractivity contribution in [3.8, 4) is 0 Å². The van der Waals surface area contributed by atoms with Crippen LogP contribution in [0, 0.1) is 0 Å². The van der Waals surface area contributed by atoms with Crippen molar-refractivity contribution in [3.05, 3.63) is 131 Å². The molecule has 10 heteroatoms. The Morgan fingerprint density at radius 3 is 1.26 bits per heavy atom. The number of carbonyl (C=O) groups is 4. The molecule has 242 valence electrons. The summed E-state index contributed by atoms with van der Waals surface area (Å²) in [7, 11) is 2.45. The molecule has 0 saturated heterocycles. The van der Waals surface area contributed by atoms with Gasteiger partial charge in [0.1, 0.15) is 0 Å². The number of benzene rings is 3. The van der Waals surface area contributed by atoms with E-state index >= 15 is 0 Å². The molecular formula is C36H40N2O8. The molecule has 0 aliphatic heterocycles. The maximum absolute atomic E-state index is 13.2. The lowest BCUT2D eigenvalue weighted by molar-refractivity contribution is -0.138. The van der Waals surface area contributed by atoms with Crippen molar-refractivity contribution in [2.75, 3.05) is 14.2 Å². The highest BCUT2D eigenvalue weighted by Crippen LogP contribution is 2.31. The number of hydrogen-bond donors (Lipinski definition) is 2. The Morgan fingerprint density at radius 1 is 0.587 bits per heavy atom. The number of alkyl carbamates (subject to hydrolysis) is 2. The van der Waals surface area contributed by atoms with Gasteiger partial charge in [0.05, 0.1) is 36.4 Å². The highest BCUT2D eigenvalue weighted by Gasteiger charge is 2.32. The van der Waals surface area contributed by atoms with Gasteiger partial charge >= 0.3 is 24.1 Å². The molecule has 0 aromatic heterocycles. The molecule has 0 bridgehead atoms. The number of hydrogen-bond acceptors (Lipinski definition) is 8. The van der Waals surface area contributed by atoms with Gasteiger partial charge in [-0.15, -0.1) is 0 Å². The van der Waals surface area contributed by atoms with E-state index in [9.17, 15) is 19.2 Å². The fraction of sp³-hybridized carbons (Fsp3) is 0.278. The number of nitrogens with one attached hydrogen (secondary N) is 2. The van der Waals surface area contributed by atoms with Crippen LogP contribution in [0.3, 0.4) is 0 Å². The lowest BCUT2D eigenvalue weighted by Gasteiger charge is -2.32. The van der Waals surface area contributed by atoms with Crippen molar-refractivity contribution in [3.63, 3.8) is 0 Å². The first-order chi connectivity index (χ1) is 21.7. The van der Waals surface area contributed by atoms with Crippen molar-refractivity contribution >= 4 is 24.1 Å². The summed E-state index contributed by atoms with van der Waals surface area (Å²) < 4.78 is 21.0. The minimum absolute atomic E-state index is 0.0342. The van der Waals surface area contributed by atoms with Crippen molar-refractivity contribution in [2.45, 2.75) is 51.0 Å². The van der Waals surface area contributed by atoms with Crippen LogP contribution in [0.2, 0.25) is 0 Å². The van der Waals surface area contributed by atoms with Gasteiger partial charge in [-0.05, 0) is 49.9 Å². The summed E-state index contributed by atoms with van der Waals surface area (Å²) in [5.74, 6) is -1.40. The van der Waals surface area contributed by atoms with Gasteiger partial charge in [0.25, 0.3) is 0 Å². The minimum atomic E-state index is -1.07. The van der Waals surface area contributed by atoms with Crippen LogP contribution < -0.4 is 10.6 Å². The summed E-state index contributed by atoms with van der Waals surface area (Å²) in [4.78, 5) is 50.8.